The van der Waals surface area contributed by atoms with Crippen LogP contribution in [0.2, 0.25) is 0 Å². The lowest BCUT2D eigenvalue weighted by molar-refractivity contribution is 0.419. The Morgan fingerprint density at radius 2 is 2.20 bits per heavy atom. The zero-order valence-electron chi connectivity index (χ0n) is 8.61. The number of ether oxygens (including phenoxy) is 1. The van der Waals surface area contributed by atoms with E-state index in [-0.39, 0.29) is 0 Å². The standard InChI is InChI=1S/C12H10N2O/c1-8-3-4-11(15-2)10-5-9(6-13)7-14-12(8)10/h3-5,7H,1-2H3. The molecular weight excluding hydrogens is 188 g/mol. The second kappa shape index (κ2) is 3.58. The van der Waals surface area contributed by atoms with Gasteiger partial charge in [0.05, 0.1) is 18.2 Å². The van der Waals surface area contributed by atoms with Gasteiger partial charge in [-0.15, -0.1) is 0 Å². The van der Waals surface area contributed by atoms with Crippen molar-refractivity contribution < 1.29 is 4.74 Å². The summed E-state index contributed by atoms with van der Waals surface area (Å²) in [4.78, 5) is 4.26. The summed E-state index contributed by atoms with van der Waals surface area (Å²) < 4.78 is 5.23. The van der Waals surface area contributed by atoms with Gasteiger partial charge in [0, 0.05) is 11.6 Å². The minimum Gasteiger partial charge on any atom is -0.496 e. The molecular formula is C12H10N2O. The average molecular weight is 198 g/mol. The summed E-state index contributed by atoms with van der Waals surface area (Å²) >= 11 is 0. The van der Waals surface area contributed by atoms with Gasteiger partial charge >= 0.3 is 0 Å². The summed E-state index contributed by atoms with van der Waals surface area (Å²) in [6, 6.07) is 7.72. The molecule has 0 saturated heterocycles. The molecule has 0 fully saturated rings. The van der Waals surface area contributed by atoms with Crippen molar-refractivity contribution in [3.8, 4) is 11.8 Å². The first-order valence-corrected chi connectivity index (χ1v) is 4.59. The van der Waals surface area contributed by atoms with E-state index >= 15 is 0 Å². The predicted octanol–water partition coefficient (Wildman–Crippen LogP) is 2.42. The van der Waals surface area contributed by atoms with Gasteiger partial charge in [0.2, 0.25) is 0 Å². The summed E-state index contributed by atoms with van der Waals surface area (Å²) in [6.07, 6.45) is 1.58. The summed E-state index contributed by atoms with van der Waals surface area (Å²) in [6.45, 7) is 1.99. The number of rotatable bonds is 1. The fraction of sp³-hybridized carbons (Fsp3) is 0.167. The molecule has 3 heteroatoms. The van der Waals surface area contributed by atoms with Gasteiger partial charge in [-0.1, -0.05) is 6.07 Å². The molecule has 3 nitrogen and oxygen atoms in total. The fourth-order valence-corrected chi connectivity index (χ4v) is 1.58. The molecule has 0 bridgehead atoms. The molecule has 0 spiro atoms. The molecule has 1 aromatic heterocycles. The van der Waals surface area contributed by atoms with Crippen molar-refractivity contribution >= 4 is 10.9 Å². The Labute approximate surface area is 87.9 Å². The Hall–Kier alpha value is -2.08. The van der Waals surface area contributed by atoms with Crippen LogP contribution in [0.15, 0.2) is 24.4 Å². The smallest absolute Gasteiger partial charge is 0.128 e. The van der Waals surface area contributed by atoms with Crippen molar-refractivity contribution in [2.24, 2.45) is 0 Å². The normalized spacial score (nSPS) is 9.93. The van der Waals surface area contributed by atoms with Crippen LogP contribution in [0.1, 0.15) is 11.1 Å². The number of nitrogens with zero attached hydrogens (tertiary/aromatic N) is 2. The Morgan fingerprint density at radius 1 is 1.40 bits per heavy atom. The third kappa shape index (κ3) is 1.50. The minimum atomic E-state index is 0.548. The monoisotopic (exact) mass is 198 g/mol. The highest BCUT2D eigenvalue weighted by Crippen LogP contribution is 2.27. The largest absolute Gasteiger partial charge is 0.496 e. The average Bonchev–Trinajstić information content (AvgIpc) is 2.29. The van der Waals surface area contributed by atoms with Gasteiger partial charge in [0.15, 0.2) is 0 Å². The number of pyridine rings is 1. The zero-order chi connectivity index (χ0) is 10.8. The molecule has 0 saturated carbocycles. The summed E-state index contributed by atoms with van der Waals surface area (Å²) in [5.74, 6) is 0.750. The number of hydrogen-bond acceptors (Lipinski definition) is 3. The fourth-order valence-electron chi connectivity index (χ4n) is 1.58. The van der Waals surface area contributed by atoms with Crippen LogP contribution in [-0.4, -0.2) is 12.1 Å². The van der Waals surface area contributed by atoms with Crippen molar-refractivity contribution in [3.63, 3.8) is 0 Å². The Bertz CT molecular complexity index is 555. The highest BCUT2D eigenvalue weighted by molar-refractivity contribution is 5.88. The summed E-state index contributed by atoms with van der Waals surface area (Å²) in [5.41, 5.74) is 2.51. The molecule has 0 aliphatic carbocycles. The molecule has 0 atom stereocenters. The third-order valence-corrected chi connectivity index (χ3v) is 2.36. The number of aromatic nitrogens is 1. The van der Waals surface area contributed by atoms with E-state index in [1.807, 2.05) is 19.1 Å². The lowest BCUT2D eigenvalue weighted by Gasteiger charge is -2.06. The van der Waals surface area contributed by atoms with Crippen molar-refractivity contribution in [2.45, 2.75) is 6.92 Å². The number of aryl methyl sites for hydroxylation is 1. The van der Waals surface area contributed by atoms with Crippen molar-refractivity contribution in [2.75, 3.05) is 7.11 Å². The van der Waals surface area contributed by atoms with Gasteiger partial charge in [0.1, 0.15) is 11.8 Å². The van der Waals surface area contributed by atoms with Crippen molar-refractivity contribution in [3.05, 3.63) is 35.5 Å². The SMILES string of the molecule is COc1ccc(C)c2ncc(C#N)cc12. The number of fused-ring (bicyclic) bond motifs is 1. The predicted molar refractivity (Wildman–Crippen MR) is 57.7 cm³/mol. The van der Waals surface area contributed by atoms with E-state index in [0.29, 0.717) is 5.56 Å². The van der Waals surface area contributed by atoms with Gasteiger partial charge in [-0.25, -0.2) is 0 Å². The Morgan fingerprint density at radius 3 is 2.87 bits per heavy atom. The molecule has 0 N–H and O–H groups in total. The quantitative estimate of drug-likeness (QED) is 0.706. The number of nitriles is 1. The van der Waals surface area contributed by atoms with Gasteiger partial charge in [-0.2, -0.15) is 5.26 Å². The van der Waals surface area contributed by atoms with E-state index in [1.54, 1.807) is 19.4 Å². The Balaban J connectivity index is 2.84. The lowest BCUT2D eigenvalue weighted by Crippen LogP contribution is -1.90. The van der Waals surface area contributed by atoms with Crippen LogP contribution in [0.25, 0.3) is 10.9 Å². The summed E-state index contributed by atoms with van der Waals surface area (Å²) in [7, 11) is 1.61. The molecule has 2 aromatic rings. The highest BCUT2D eigenvalue weighted by atomic mass is 16.5. The molecule has 2 rings (SSSR count). The first kappa shape index (κ1) is 9.47. The van der Waals surface area contributed by atoms with E-state index in [1.165, 1.54) is 0 Å². The van der Waals surface area contributed by atoms with Crippen LogP contribution >= 0.6 is 0 Å². The van der Waals surface area contributed by atoms with E-state index in [0.717, 1.165) is 22.2 Å². The van der Waals surface area contributed by atoms with Crippen LogP contribution in [0.3, 0.4) is 0 Å². The molecule has 74 valence electrons. The van der Waals surface area contributed by atoms with E-state index in [9.17, 15) is 0 Å². The maximum atomic E-state index is 8.80. The molecule has 0 aliphatic rings. The zero-order valence-corrected chi connectivity index (χ0v) is 8.61. The van der Waals surface area contributed by atoms with E-state index < -0.39 is 0 Å². The van der Waals surface area contributed by atoms with Crippen LogP contribution in [0.4, 0.5) is 0 Å². The van der Waals surface area contributed by atoms with Gasteiger partial charge in [0.25, 0.3) is 0 Å². The second-order valence-electron chi connectivity index (χ2n) is 3.32. The molecule has 0 aliphatic heterocycles. The molecule has 0 radical (unpaired) electrons. The van der Waals surface area contributed by atoms with Gasteiger partial charge in [-0.05, 0) is 24.6 Å². The number of benzene rings is 1. The maximum Gasteiger partial charge on any atom is 0.128 e. The third-order valence-electron chi connectivity index (χ3n) is 2.36. The summed E-state index contributed by atoms with van der Waals surface area (Å²) in [5, 5.41) is 9.68. The maximum absolute atomic E-state index is 8.80. The van der Waals surface area contributed by atoms with Crippen LogP contribution in [0, 0.1) is 18.3 Å². The van der Waals surface area contributed by atoms with Gasteiger partial charge in [-0.3, -0.25) is 4.98 Å². The van der Waals surface area contributed by atoms with Crippen molar-refractivity contribution in [1.29, 1.82) is 5.26 Å². The minimum absolute atomic E-state index is 0.548. The van der Waals surface area contributed by atoms with Crippen LogP contribution < -0.4 is 4.74 Å². The first-order valence-electron chi connectivity index (χ1n) is 4.59. The second-order valence-corrected chi connectivity index (χ2v) is 3.32. The van der Waals surface area contributed by atoms with E-state index in [4.69, 9.17) is 10.00 Å². The Kier molecular flexibility index (Phi) is 2.26. The molecule has 1 aromatic carbocycles. The van der Waals surface area contributed by atoms with E-state index in [2.05, 4.69) is 11.1 Å². The topological polar surface area (TPSA) is 45.9 Å². The molecule has 0 unspecified atom stereocenters. The molecule has 15 heavy (non-hydrogen) atoms. The number of hydrogen-bond donors (Lipinski definition) is 0. The van der Waals surface area contributed by atoms with Gasteiger partial charge < -0.3 is 4.74 Å². The lowest BCUT2D eigenvalue weighted by atomic mass is 10.1. The molecule has 0 amide bonds. The highest BCUT2D eigenvalue weighted by Gasteiger charge is 2.05. The van der Waals surface area contributed by atoms with Crippen molar-refractivity contribution in [1.82, 2.24) is 4.98 Å². The molecule has 1 heterocycles. The number of methoxy groups -OCH3 is 1. The van der Waals surface area contributed by atoms with Crippen LogP contribution in [-0.2, 0) is 0 Å². The van der Waals surface area contributed by atoms with Crippen LogP contribution in [0.5, 0.6) is 5.75 Å². The first-order chi connectivity index (χ1) is 7.26.